The molecule has 0 saturated heterocycles. The number of aromatic nitrogens is 2. The summed E-state index contributed by atoms with van der Waals surface area (Å²) in [6.07, 6.45) is 2.24. The molecule has 0 spiro atoms. The lowest BCUT2D eigenvalue weighted by atomic mass is 10.2. The Morgan fingerprint density at radius 1 is 1.73 bits per heavy atom. The van der Waals surface area contributed by atoms with Gasteiger partial charge in [-0.2, -0.15) is 9.71 Å². The van der Waals surface area contributed by atoms with Crippen LogP contribution < -0.4 is 10.4 Å². The van der Waals surface area contributed by atoms with E-state index in [-0.39, 0.29) is 5.56 Å². The van der Waals surface area contributed by atoms with Gasteiger partial charge in [-0.05, 0) is 6.92 Å². The van der Waals surface area contributed by atoms with Crippen molar-refractivity contribution in [1.82, 2.24) is 9.71 Å². The van der Waals surface area contributed by atoms with Gasteiger partial charge in [-0.15, -0.1) is 0 Å². The Labute approximate surface area is 63.4 Å². The van der Waals surface area contributed by atoms with Crippen LogP contribution in [0.1, 0.15) is 11.3 Å². The first-order valence-electron chi connectivity index (χ1n) is 3.49. The molecule has 0 aromatic carbocycles. The Morgan fingerprint density at radius 3 is 3.36 bits per heavy atom. The lowest BCUT2D eigenvalue weighted by Crippen LogP contribution is -2.17. The van der Waals surface area contributed by atoms with Crippen molar-refractivity contribution in [3.8, 4) is 0 Å². The Balaban J connectivity index is 2.72. The van der Waals surface area contributed by atoms with Gasteiger partial charge in [0.2, 0.25) is 0 Å². The largest absolute Gasteiger partial charge is 0.412 e. The molecule has 1 aliphatic heterocycles. The van der Waals surface area contributed by atoms with Crippen LogP contribution in [-0.2, 0) is 6.42 Å². The Morgan fingerprint density at radius 2 is 2.55 bits per heavy atom. The summed E-state index contributed by atoms with van der Waals surface area (Å²) in [6, 6.07) is 0. The maximum absolute atomic E-state index is 11.0. The molecule has 1 aromatic heterocycles. The number of hydrogen-bond donors (Lipinski definition) is 0. The zero-order valence-corrected chi connectivity index (χ0v) is 6.20. The van der Waals surface area contributed by atoms with E-state index in [1.54, 1.807) is 11.7 Å². The van der Waals surface area contributed by atoms with Crippen molar-refractivity contribution < 1.29 is 4.84 Å². The van der Waals surface area contributed by atoms with Crippen LogP contribution in [0.5, 0.6) is 0 Å². The standard InChI is InChI=1S/C7H8N2O2/c1-5-6-2-3-11-9(6)4-8-7(5)10/h4H,2-3H2,1H3. The quantitative estimate of drug-likeness (QED) is 0.505. The summed E-state index contributed by atoms with van der Waals surface area (Å²) in [5, 5.41) is 0. The van der Waals surface area contributed by atoms with Gasteiger partial charge in [0.1, 0.15) is 12.9 Å². The highest BCUT2D eigenvalue weighted by Crippen LogP contribution is 2.06. The molecule has 11 heavy (non-hydrogen) atoms. The summed E-state index contributed by atoms with van der Waals surface area (Å²) in [4.78, 5) is 19.8. The lowest BCUT2D eigenvalue weighted by Gasteiger charge is -2.02. The minimum Gasteiger partial charge on any atom is -0.412 e. The molecule has 0 amide bonds. The van der Waals surface area contributed by atoms with Gasteiger partial charge < -0.3 is 4.84 Å². The van der Waals surface area contributed by atoms with Gasteiger partial charge in [-0.25, -0.2) is 0 Å². The summed E-state index contributed by atoms with van der Waals surface area (Å²) < 4.78 is 1.57. The van der Waals surface area contributed by atoms with E-state index >= 15 is 0 Å². The zero-order valence-electron chi connectivity index (χ0n) is 6.20. The Hall–Kier alpha value is -1.32. The molecule has 0 bridgehead atoms. The van der Waals surface area contributed by atoms with Crippen LogP contribution in [0.3, 0.4) is 0 Å². The first-order chi connectivity index (χ1) is 5.29. The number of fused-ring (bicyclic) bond motifs is 1. The highest BCUT2D eigenvalue weighted by Gasteiger charge is 2.14. The van der Waals surface area contributed by atoms with Crippen LogP contribution in [0.2, 0.25) is 0 Å². The van der Waals surface area contributed by atoms with Gasteiger partial charge in [0.25, 0.3) is 5.56 Å². The minimum atomic E-state index is -0.151. The molecule has 4 heteroatoms. The third-order valence-corrected chi connectivity index (χ3v) is 1.87. The van der Waals surface area contributed by atoms with E-state index in [1.807, 2.05) is 0 Å². The average Bonchev–Trinajstić information content (AvgIpc) is 2.45. The maximum Gasteiger partial charge on any atom is 0.276 e. The summed E-state index contributed by atoms with van der Waals surface area (Å²) >= 11 is 0. The van der Waals surface area contributed by atoms with Crippen LogP contribution in [0.4, 0.5) is 0 Å². The van der Waals surface area contributed by atoms with Gasteiger partial charge in [-0.1, -0.05) is 0 Å². The molecular formula is C7H8N2O2. The molecular weight excluding hydrogens is 144 g/mol. The van der Waals surface area contributed by atoms with Crippen LogP contribution in [0, 0.1) is 6.92 Å². The molecule has 0 atom stereocenters. The monoisotopic (exact) mass is 152 g/mol. The first kappa shape index (κ1) is 6.39. The molecule has 4 nitrogen and oxygen atoms in total. The normalized spacial score (nSPS) is 14.3. The fraction of sp³-hybridized carbons (Fsp3) is 0.429. The SMILES string of the molecule is Cc1c2n(cnc1=O)OCC2. The van der Waals surface area contributed by atoms with Crippen LogP contribution in [0.15, 0.2) is 11.1 Å². The van der Waals surface area contributed by atoms with Crippen molar-refractivity contribution in [3.63, 3.8) is 0 Å². The molecule has 0 N–H and O–H groups in total. The number of nitrogens with zero attached hydrogens (tertiary/aromatic N) is 2. The fourth-order valence-corrected chi connectivity index (χ4v) is 1.21. The van der Waals surface area contributed by atoms with Crippen LogP contribution >= 0.6 is 0 Å². The molecule has 0 saturated carbocycles. The van der Waals surface area contributed by atoms with E-state index in [9.17, 15) is 4.79 Å². The van der Waals surface area contributed by atoms with Crippen molar-refractivity contribution in [2.75, 3.05) is 6.61 Å². The molecule has 0 radical (unpaired) electrons. The third-order valence-electron chi connectivity index (χ3n) is 1.87. The molecule has 0 fully saturated rings. The van der Waals surface area contributed by atoms with E-state index in [2.05, 4.69) is 4.98 Å². The third kappa shape index (κ3) is 0.824. The van der Waals surface area contributed by atoms with Crippen molar-refractivity contribution in [2.24, 2.45) is 0 Å². The summed E-state index contributed by atoms with van der Waals surface area (Å²) in [6.45, 7) is 2.42. The zero-order chi connectivity index (χ0) is 7.84. The second-order valence-electron chi connectivity index (χ2n) is 2.53. The molecule has 58 valence electrons. The molecule has 2 heterocycles. The average molecular weight is 152 g/mol. The predicted octanol–water partition coefficient (Wildman–Crippen LogP) is -0.464. The van der Waals surface area contributed by atoms with Gasteiger partial charge in [0.15, 0.2) is 0 Å². The second kappa shape index (κ2) is 2.08. The van der Waals surface area contributed by atoms with E-state index in [0.717, 1.165) is 12.1 Å². The highest BCUT2D eigenvalue weighted by molar-refractivity contribution is 5.16. The lowest BCUT2D eigenvalue weighted by molar-refractivity contribution is 0.146. The van der Waals surface area contributed by atoms with Crippen molar-refractivity contribution in [1.29, 1.82) is 0 Å². The van der Waals surface area contributed by atoms with Gasteiger partial charge in [0, 0.05) is 12.0 Å². The summed E-state index contributed by atoms with van der Waals surface area (Å²) in [5.41, 5.74) is 1.50. The Bertz CT molecular complexity index is 343. The van der Waals surface area contributed by atoms with E-state index in [1.165, 1.54) is 6.33 Å². The molecule has 1 aromatic rings. The fourth-order valence-electron chi connectivity index (χ4n) is 1.21. The van der Waals surface area contributed by atoms with E-state index in [4.69, 9.17) is 4.84 Å². The van der Waals surface area contributed by atoms with Crippen LogP contribution in [-0.4, -0.2) is 16.3 Å². The van der Waals surface area contributed by atoms with E-state index in [0.29, 0.717) is 12.2 Å². The van der Waals surface area contributed by atoms with Crippen molar-refractivity contribution in [2.45, 2.75) is 13.3 Å². The second-order valence-corrected chi connectivity index (χ2v) is 2.53. The van der Waals surface area contributed by atoms with Crippen molar-refractivity contribution >= 4 is 0 Å². The van der Waals surface area contributed by atoms with Gasteiger partial charge in [0.05, 0.1) is 5.69 Å². The summed E-state index contributed by atoms with van der Waals surface area (Å²) in [7, 11) is 0. The molecule has 0 unspecified atom stereocenters. The maximum atomic E-state index is 11.0. The molecule has 2 rings (SSSR count). The van der Waals surface area contributed by atoms with Gasteiger partial charge >= 0.3 is 0 Å². The summed E-state index contributed by atoms with van der Waals surface area (Å²) in [5.74, 6) is 0. The molecule has 1 aliphatic rings. The minimum absolute atomic E-state index is 0.151. The topological polar surface area (TPSA) is 44.1 Å². The number of rotatable bonds is 0. The Kier molecular flexibility index (Phi) is 1.21. The predicted molar refractivity (Wildman–Crippen MR) is 38.4 cm³/mol. The van der Waals surface area contributed by atoms with E-state index < -0.39 is 0 Å². The molecule has 0 aliphatic carbocycles. The highest BCUT2D eigenvalue weighted by atomic mass is 16.7. The van der Waals surface area contributed by atoms with Crippen molar-refractivity contribution in [3.05, 3.63) is 27.9 Å². The van der Waals surface area contributed by atoms with Gasteiger partial charge in [-0.3, -0.25) is 4.79 Å². The van der Waals surface area contributed by atoms with Crippen LogP contribution in [0.25, 0.3) is 0 Å². The first-order valence-corrected chi connectivity index (χ1v) is 3.49. The number of hydrogen-bond acceptors (Lipinski definition) is 3. The smallest absolute Gasteiger partial charge is 0.276 e.